The first-order valence-corrected chi connectivity index (χ1v) is 12.3. The molecule has 32 heavy (non-hydrogen) atoms. The zero-order valence-corrected chi connectivity index (χ0v) is 20.5. The van der Waals surface area contributed by atoms with Crippen LogP contribution in [-0.4, -0.2) is 25.6 Å². The fourth-order valence-electron chi connectivity index (χ4n) is 5.40. The maximum atomic E-state index is 6.61. The minimum Gasteiger partial charge on any atom is -0.352 e. The summed E-state index contributed by atoms with van der Waals surface area (Å²) >= 11 is 18.8. The summed E-state index contributed by atoms with van der Waals surface area (Å²) < 4.78 is 2.20. The molecule has 2 aliphatic rings. The summed E-state index contributed by atoms with van der Waals surface area (Å²) in [5, 5.41) is 5.55. The van der Waals surface area contributed by atoms with Gasteiger partial charge >= 0.3 is 0 Å². The molecule has 4 nitrogen and oxygen atoms in total. The number of aryl methyl sites for hydroxylation is 1. The summed E-state index contributed by atoms with van der Waals surface area (Å²) in [7, 11) is 0. The predicted molar refractivity (Wildman–Crippen MR) is 135 cm³/mol. The Morgan fingerprint density at radius 2 is 1.84 bits per heavy atom. The van der Waals surface area contributed by atoms with E-state index in [2.05, 4.69) is 45.7 Å². The van der Waals surface area contributed by atoms with E-state index in [-0.39, 0.29) is 12.1 Å². The number of nitrogens with one attached hydrogen (secondary N) is 1. The van der Waals surface area contributed by atoms with Crippen molar-refractivity contribution in [1.29, 1.82) is 0 Å². The van der Waals surface area contributed by atoms with Crippen molar-refractivity contribution in [1.82, 2.24) is 19.8 Å². The second-order valence-electron chi connectivity index (χ2n) is 8.71. The third kappa shape index (κ3) is 3.60. The molecule has 1 N–H and O–H groups in total. The van der Waals surface area contributed by atoms with Gasteiger partial charge in [-0.15, -0.1) is 0 Å². The second kappa shape index (κ2) is 8.69. The molecule has 2 unspecified atom stereocenters. The van der Waals surface area contributed by atoms with Crippen molar-refractivity contribution in [2.24, 2.45) is 0 Å². The topological polar surface area (TPSA) is 33.1 Å². The lowest BCUT2D eigenvalue weighted by Crippen LogP contribution is -2.37. The highest BCUT2D eigenvalue weighted by molar-refractivity contribution is 7.80. The maximum absolute atomic E-state index is 6.61. The van der Waals surface area contributed by atoms with E-state index in [9.17, 15) is 0 Å². The van der Waals surface area contributed by atoms with Crippen molar-refractivity contribution in [2.75, 3.05) is 0 Å². The molecule has 0 bridgehead atoms. The number of thiocarbonyl (C=S) groups is 1. The van der Waals surface area contributed by atoms with Crippen LogP contribution in [0, 0.1) is 13.8 Å². The Kier molecular flexibility index (Phi) is 5.91. The van der Waals surface area contributed by atoms with Gasteiger partial charge in [0.1, 0.15) is 0 Å². The van der Waals surface area contributed by atoms with E-state index < -0.39 is 0 Å². The van der Waals surface area contributed by atoms with E-state index in [1.807, 2.05) is 36.5 Å². The summed E-state index contributed by atoms with van der Waals surface area (Å²) in [4.78, 5) is 7.12. The highest BCUT2D eigenvalue weighted by Gasteiger charge is 2.44. The fourth-order valence-corrected chi connectivity index (χ4v) is 6.17. The minimum absolute atomic E-state index is 0.00640. The zero-order valence-electron chi connectivity index (χ0n) is 18.2. The molecular weight excluding hydrogens is 459 g/mol. The number of nitrogens with zero attached hydrogens (tertiary/aromatic N) is 3. The Hall–Kier alpha value is -2.08. The number of hydrogen-bond donors (Lipinski definition) is 1. The van der Waals surface area contributed by atoms with Gasteiger partial charge in [0, 0.05) is 23.6 Å². The van der Waals surface area contributed by atoms with Crippen LogP contribution < -0.4 is 5.32 Å². The van der Waals surface area contributed by atoms with E-state index in [0.29, 0.717) is 16.1 Å². The van der Waals surface area contributed by atoms with Crippen molar-refractivity contribution in [2.45, 2.75) is 57.7 Å². The molecule has 166 valence electrons. The molecule has 1 aliphatic carbocycles. The monoisotopic (exact) mass is 484 g/mol. The van der Waals surface area contributed by atoms with Crippen molar-refractivity contribution in [3.05, 3.63) is 81.4 Å². The molecule has 1 aliphatic heterocycles. The SMILES string of the molecule is Cc1cc(C2C(c3ccccn3)NC(=S)N2C2CCCC2)c(C)n1-c1cccc(Cl)c1Cl. The summed E-state index contributed by atoms with van der Waals surface area (Å²) in [6.07, 6.45) is 6.70. The highest BCUT2D eigenvalue weighted by Crippen LogP contribution is 2.45. The standard InChI is InChI=1S/C25H26Cl2N4S/c1-15-14-18(16(2)30(15)21-12-7-10-19(26)22(21)27)24-23(20-11-5-6-13-28-20)29-25(32)31(24)17-8-3-4-9-17/h5-7,10-14,17,23-24H,3-4,8-9H2,1-2H3,(H,29,32). The van der Waals surface area contributed by atoms with Crippen LogP contribution in [-0.2, 0) is 0 Å². The van der Waals surface area contributed by atoms with E-state index in [4.69, 9.17) is 35.4 Å². The lowest BCUT2D eigenvalue weighted by Gasteiger charge is -2.33. The summed E-state index contributed by atoms with van der Waals surface area (Å²) in [6.45, 7) is 4.27. The van der Waals surface area contributed by atoms with Crippen LogP contribution in [0.15, 0.2) is 48.7 Å². The van der Waals surface area contributed by atoms with Crippen LogP contribution >= 0.6 is 35.4 Å². The number of aromatic nitrogens is 2. The molecule has 2 fully saturated rings. The van der Waals surface area contributed by atoms with Crippen LogP contribution in [0.5, 0.6) is 0 Å². The van der Waals surface area contributed by atoms with Gasteiger partial charge in [-0.2, -0.15) is 0 Å². The average Bonchev–Trinajstić information content (AvgIpc) is 3.49. The summed E-state index contributed by atoms with van der Waals surface area (Å²) in [5.74, 6) is 0. The van der Waals surface area contributed by atoms with Gasteiger partial charge in [0.05, 0.1) is 33.5 Å². The van der Waals surface area contributed by atoms with Gasteiger partial charge < -0.3 is 14.8 Å². The molecule has 2 aromatic heterocycles. The molecule has 7 heteroatoms. The zero-order chi connectivity index (χ0) is 22.4. The van der Waals surface area contributed by atoms with Gasteiger partial charge in [-0.05, 0) is 74.8 Å². The Labute approximate surface area is 204 Å². The number of pyridine rings is 1. The molecule has 1 aromatic carbocycles. The molecule has 0 amide bonds. The average molecular weight is 485 g/mol. The first kappa shape index (κ1) is 21.7. The number of halogens is 2. The normalized spacial score (nSPS) is 21.4. The van der Waals surface area contributed by atoms with Crippen molar-refractivity contribution in [3.63, 3.8) is 0 Å². The van der Waals surface area contributed by atoms with Crippen molar-refractivity contribution < 1.29 is 0 Å². The second-order valence-corrected chi connectivity index (χ2v) is 9.88. The van der Waals surface area contributed by atoms with E-state index >= 15 is 0 Å². The number of benzene rings is 1. The molecule has 0 radical (unpaired) electrons. The molecule has 1 saturated carbocycles. The Morgan fingerprint density at radius 1 is 1.06 bits per heavy atom. The van der Waals surface area contributed by atoms with E-state index in [1.54, 1.807) is 0 Å². The lowest BCUT2D eigenvalue weighted by atomic mass is 9.95. The molecule has 3 aromatic rings. The first-order valence-electron chi connectivity index (χ1n) is 11.1. The Balaban J connectivity index is 1.66. The number of hydrogen-bond acceptors (Lipinski definition) is 2. The minimum atomic E-state index is -0.00640. The van der Waals surface area contributed by atoms with E-state index in [1.165, 1.54) is 31.2 Å². The largest absolute Gasteiger partial charge is 0.352 e. The molecular formula is C25H26Cl2N4S. The third-order valence-corrected chi connectivity index (χ3v) is 7.95. The molecule has 3 heterocycles. The van der Waals surface area contributed by atoms with Crippen LogP contribution in [0.25, 0.3) is 5.69 Å². The van der Waals surface area contributed by atoms with Crippen LogP contribution in [0.1, 0.15) is 60.4 Å². The van der Waals surface area contributed by atoms with Crippen LogP contribution in [0.2, 0.25) is 10.0 Å². The van der Waals surface area contributed by atoms with Gasteiger partial charge in [0.15, 0.2) is 5.11 Å². The van der Waals surface area contributed by atoms with E-state index in [0.717, 1.165) is 27.9 Å². The van der Waals surface area contributed by atoms with Crippen LogP contribution in [0.4, 0.5) is 0 Å². The van der Waals surface area contributed by atoms with Gasteiger partial charge in [-0.1, -0.05) is 48.2 Å². The van der Waals surface area contributed by atoms with Gasteiger partial charge in [-0.25, -0.2) is 0 Å². The van der Waals surface area contributed by atoms with Crippen molar-refractivity contribution >= 4 is 40.5 Å². The Bertz CT molecular complexity index is 1150. The molecule has 1 saturated heterocycles. The third-order valence-electron chi connectivity index (χ3n) is 6.81. The predicted octanol–water partition coefficient (Wildman–Crippen LogP) is 6.71. The first-order chi connectivity index (χ1) is 15.5. The Morgan fingerprint density at radius 3 is 2.56 bits per heavy atom. The quantitative estimate of drug-likeness (QED) is 0.417. The molecule has 2 atom stereocenters. The molecule has 5 rings (SSSR count). The molecule has 0 spiro atoms. The van der Waals surface area contributed by atoms with Gasteiger partial charge in [0.25, 0.3) is 0 Å². The van der Waals surface area contributed by atoms with Gasteiger partial charge in [0.2, 0.25) is 0 Å². The smallest absolute Gasteiger partial charge is 0.170 e. The number of rotatable bonds is 4. The summed E-state index contributed by atoms with van der Waals surface area (Å²) in [5.41, 5.74) is 5.41. The van der Waals surface area contributed by atoms with Gasteiger partial charge in [-0.3, -0.25) is 4.98 Å². The fraction of sp³-hybridized carbons (Fsp3) is 0.360. The van der Waals surface area contributed by atoms with Crippen molar-refractivity contribution in [3.8, 4) is 5.69 Å². The van der Waals surface area contributed by atoms with Crippen LogP contribution in [0.3, 0.4) is 0 Å². The lowest BCUT2D eigenvalue weighted by molar-refractivity contribution is 0.245. The maximum Gasteiger partial charge on any atom is 0.170 e. The highest BCUT2D eigenvalue weighted by atomic mass is 35.5. The summed E-state index contributed by atoms with van der Waals surface area (Å²) in [6, 6.07) is 14.6.